The molecule has 3 aromatic heterocycles. The number of H-pyrrole nitrogens is 1. The van der Waals surface area contributed by atoms with E-state index in [0.29, 0.717) is 45.9 Å². The van der Waals surface area contributed by atoms with E-state index in [4.69, 9.17) is 29.9 Å². The van der Waals surface area contributed by atoms with E-state index in [-0.39, 0.29) is 14.5 Å². The minimum absolute atomic E-state index is 0.193. The molecule has 0 radical (unpaired) electrons. The van der Waals surface area contributed by atoms with E-state index >= 15 is 0 Å². The molecule has 9 nitrogen and oxygen atoms in total. The van der Waals surface area contributed by atoms with Crippen LogP contribution in [0.25, 0.3) is 89.7 Å². The fourth-order valence-electron chi connectivity index (χ4n) is 6.02. The second-order valence-corrected chi connectivity index (χ2v) is 11.0. The van der Waals surface area contributed by atoms with Gasteiger partial charge in [-0.25, -0.2) is 0 Å². The molecule has 1 N–H and O–H groups in total. The fourth-order valence-corrected chi connectivity index (χ4v) is 6.21. The predicted octanol–water partition coefficient (Wildman–Crippen LogP) is 7.59. The first-order chi connectivity index (χ1) is 21.8. The summed E-state index contributed by atoms with van der Waals surface area (Å²) >= 11 is 0. The van der Waals surface area contributed by atoms with E-state index in [0.717, 1.165) is 43.8 Å². The van der Waals surface area contributed by atoms with E-state index in [1.807, 2.05) is 102 Å². The van der Waals surface area contributed by atoms with E-state index in [1.54, 1.807) is 0 Å². The molecule has 0 aliphatic carbocycles. The Labute approximate surface area is 250 Å². The van der Waals surface area contributed by atoms with Crippen molar-refractivity contribution in [2.24, 2.45) is 0 Å². The maximum atomic E-state index is 11.6. The topological polar surface area (TPSA) is 115 Å². The van der Waals surface area contributed by atoms with Crippen molar-refractivity contribution >= 4 is 52.0 Å². The molecular weight excluding hydrogens is 567 g/mol. The molecule has 0 spiro atoms. The Kier molecular flexibility index (Phi) is 5.44. The molecule has 2 aliphatic rings. The average Bonchev–Trinajstić information content (AvgIpc) is 3.78. The molecule has 2 aliphatic heterocycles. The zero-order valence-corrected chi connectivity index (χ0v) is 23.8. The van der Waals surface area contributed by atoms with Crippen LogP contribution < -0.4 is 0 Å². The van der Waals surface area contributed by atoms with Gasteiger partial charge in [-0.05, 0) is 0 Å². The van der Waals surface area contributed by atoms with Crippen molar-refractivity contribution < 1.29 is 4.57 Å². The molecule has 0 saturated carbocycles. The Bertz CT molecular complexity index is 2470. The van der Waals surface area contributed by atoms with Gasteiger partial charge in [0.15, 0.2) is 0 Å². The standard InChI is InChI=1S/C34H19N8OP/c43-44-18-17-42-33-25-15-7-8-16-26(25)34(42)41-32-24-14-6-4-12-22(24)30(39-32)37-28-20-10-2-1-9-19(20)27(35-28)36-29-21-11-3-5-13-23(21)31(38-29)40-33/h1-16H,17H2,(H,35,36,37,38,39,40,41). The van der Waals surface area contributed by atoms with Crippen LogP contribution in [-0.4, -0.2) is 39.5 Å². The van der Waals surface area contributed by atoms with Crippen LogP contribution in [-0.2, 0) is 11.1 Å². The van der Waals surface area contributed by atoms with Gasteiger partial charge in [-0.3, -0.25) is 0 Å². The maximum absolute atomic E-state index is 11.6. The van der Waals surface area contributed by atoms with E-state index < -0.39 is 0 Å². The van der Waals surface area contributed by atoms with Crippen molar-refractivity contribution in [2.75, 3.05) is 0 Å². The summed E-state index contributed by atoms with van der Waals surface area (Å²) in [5, 5.41) is 3.61. The molecule has 0 saturated heterocycles. The first-order valence-electron chi connectivity index (χ1n) is 14.0. The van der Waals surface area contributed by atoms with Crippen molar-refractivity contribution in [2.45, 2.75) is 6.54 Å². The van der Waals surface area contributed by atoms with E-state index in [1.165, 1.54) is 0 Å². The van der Waals surface area contributed by atoms with Gasteiger partial charge in [0.25, 0.3) is 0 Å². The van der Waals surface area contributed by atoms with Gasteiger partial charge in [-0.15, -0.1) is 0 Å². The van der Waals surface area contributed by atoms with Crippen molar-refractivity contribution in [3.63, 3.8) is 0 Å². The Balaban J connectivity index is 1.54. The van der Waals surface area contributed by atoms with Crippen LogP contribution in [0.5, 0.6) is 0 Å². The van der Waals surface area contributed by atoms with Gasteiger partial charge in [0.1, 0.15) is 0 Å². The molecule has 4 aromatic carbocycles. The van der Waals surface area contributed by atoms with Crippen molar-refractivity contribution in [1.29, 1.82) is 0 Å². The molecule has 0 unspecified atom stereocenters. The van der Waals surface area contributed by atoms with Crippen LogP contribution in [0.1, 0.15) is 0 Å². The number of aromatic amines is 1. The molecule has 0 amide bonds. The van der Waals surface area contributed by atoms with Gasteiger partial charge < -0.3 is 0 Å². The van der Waals surface area contributed by atoms with Gasteiger partial charge >= 0.3 is 239 Å². The monoisotopic (exact) mass is 586 g/mol. The third-order valence-corrected chi connectivity index (χ3v) is 8.26. The molecule has 0 fully saturated rings. The zero-order chi connectivity index (χ0) is 29.2. The summed E-state index contributed by atoms with van der Waals surface area (Å²) in [4.78, 5) is 33.7. The van der Waals surface area contributed by atoms with Crippen LogP contribution in [0.15, 0.2) is 97.1 Å². The van der Waals surface area contributed by atoms with Gasteiger partial charge in [0, 0.05) is 0 Å². The third kappa shape index (κ3) is 3.71. The number of nitrogens with one attached hydrogen (secondary N) is 1. The third-order valence-electron chi connectivity index (χ3n) is 7.99. The van der Waals surface area contributed by atoms with E-state index in [2.05, 4.69) is 10.6 Å². The molecule has 9 rings (SSSR count). The van der Waals surface area contributed by atoms with Crippen LogP contribution >= 0.6 is 7.92 Å². The van der Waals surface area contributed by atoms with Gasteiger partial charge in [0.05, 0.1) is 0 Å². The van der Waals surface area contributed by atoms with Crippen LogP contribution in [0.2, 0.25) is 0 Å². The second kappa shape index (κ2) is 9.64. The number of hydrogen-bond acceptors (Lipinski definition) is 7. The van der Waals surface area contributed by atoms with E-state index in [9.17, 15) is 4.57 Å². The Hall–Kier alpha value is -5.75. The SMILES string of the molecule is O=P#CCn1c2nc3nc(nc4[nH]c(nc5nc(nc1c1ccccc12)-c1ccccc1-5)c1ccccc41)-c1ccccc1-3. The molecule has 10 heteroatoms. The van der Waals surface area contributed by atoms with Crippen LogP contribution in [0, 0.1) is 5.63 Å². The first kappa shape index (κ1) is 24.8. The molecule has 5 heterocycles. The van der Waals surface area contributed by atoms with Crippen LogP contribution in [0.3, 0.4) is 0 Å². The predicted molar refractivity (Wildman–Crippen MR) is 171 cm³/mol. The summed E-state index contributed by atoms with van der Waals surface area (Å²) in [5.74, 6) is 2.16. The summed E-state index contributed by atoms with van der Waals surface area (Å²) in [5.41, 5.74) is 8.96. The number of aromatic nitrogens is 8. The van der Waals surface area contributed by atoms with Crippen molar-refractivity contribution in [3.8, 4) is 51.2 Å². The Morgan fingerprint density at radius 3 is 1.34 bits per heavy atom. The summed E-state index contributed by atoms with van der Waals surface area (Å²) < 4.78 is 13.5. The number of nitrogens with zero attached hydrogens (tertiary/aromatic N) is 7. The average molecular weight is 587 g/mol. The molecular formula is C34H19N8OP. The molecule has 44 heavy (non-hydrogen) atoms. The fraction of sp³-hybridized carbons (Fsp3) is 0.0294. The number of hydrogen-bond donors (Lipinski definition) is 1. The summed E-state index contributed by atoms with van der Waals surface area (Å²) in [7, 11) is -0.209. The first-order valence-corrected chi connectivity index (χ1v) is 14.8. The van der Waals surface area contributed by atoms with Crippen molar-refractivity contribution in [1.82, 2.24) is 39.5 Å². The molecule has 8 bridgehead atoms. The second-order valence-electron chi connectivity index (χ2n) is 10.5. The number of fused-ring (bicyclic) bond motifs is 20. The van der Waals surface area contributed by atoms with Gasteiger partial charge in [0.2, 0.25) is 0 Å². The number of benzene rings is 4. The summed E-state index contributed by atoms with van der Waals surface area (Å²) in [6, 6.07) is 31.8. The number of rotatable bonds is 1. The Morgan fingerprint density at radius 1 is 0.523 bits per heavy atom. The quantitative estimate of drug-likeness (QED) is 0.197. The summed E-state index contributed by atoms with van der Waals surface area (Å²) in [6.45, 7) is 0.193. The van der Waals surface area contributed by atoms with Gasteiger partial charge in [-0.2, -0.15) is 0 Å². The molecule has 206 valence electrons. The summed E-state index contributed by atoms with van der Waals surface area (Å²) in [6.07, 6.45) is 0. The molecule has 7 aromatic rings. The Morgan fingerprint density at radius 2 is 0.909 bits per heavy atom. The normalized spacial score (nSPS) is 11.7. The van der Waals surface area contributed by atoms with Crippen LogP contribution in [0.4, 0.5) is 0 Å². The van der Waals surface area contributed by atoms with Gasteiger partial charge in [-0.1, -0.05) is 12.1 Å². The minimum atomic E-state index is -0.209. The zero-order valence-electron chi connectivity index (χ0n) is 22.9. The molecule has 0 atom stereocenters. The van der Waals surface area contributed by atoms with Crippen molar-refractivity contribution in [3.05, 3.63) is 97.1 Å².